The van der Waals surface area contributed by atoms with Gasteiger partial charge in [-0.15, -0.1) is 0 Å². The predicted octanol–water partition coefficient (Wildman–Crippen LogP) is 0.535. The smallest absolute Gasteiger partial charge is 0.169 e. The molecule has 1 N–H and O–H groups in total. The van der Waals surface area contributed by atoms with E-state index in [2.05, 4.69) is 38.2 Å². The summed E-state index contributed by atoms with van der Waals surface area (Å²) in [6.07, 6.45) is -0.159. The van der Waals surface area contributed by atoms with Crippen LogP contribution in [0, 0.1) is 0 Å². The molecule has 4 nitrogen and oxygen atoms in total. The van der Waals surface area contributed by atoms with Gasteiger partial charge in [0.25, 0.3) is 0 Å². The van der Waals surface area contributed by atoms with E-state index in [0.717, 1.165) is 6.54 Å². The average Bonchev–Trinajstić information content (AvgIpc) is 2.12. The third-order valence-corrected chi connectivity index (χ3v) is 2.61. The SMILES string of the molecule is COC(CNCC(C)(C)N(C)C)OC. The van der Waals surface area contributed by atoms with E-state index in [1.807, 2.05) is 0 Å². The van der Waals surface area contributed by atoms with Gasteiger partial charge >= 0.3 is 0 Å². The molecule has 0 atom stereocenters. The number of methoxy groups -OCH3 is 2. The Kier molecular flexibility index (Phi) is 6.27. The molecular formula is C10H24N2O2. The highest BCUT2D eigenvalue weighted by molar-refractivity contribution is 4.79. The highest BCUT2D eigenvalue weighted by Crippen LogP contribution is 2.07. The molecule has 0 heterocycles. The lowest BCUT2D eigenvalue weighted by Crippen LogP contribution is -2.48. The van der Waals surface area contributed by atoms with Crippen molar-refractivity contribution in [1.82, 2.24) is 10.2 Å². The van der Waals surface area contributed by atoms with Crippen LogP contribution in [0.15, 0.2) is 0 Å². The van der Waals surface area contributed by atoms with Crippen molar-refractivity contribution < 1.29 is 9.47 Å². The van der Waals surface area contributed by atoms with Gasteiger partial charge in [0, 0.05) is 32.8 Å². The first kappa shape index (κ1) is 13.8. The maximum atomic E-state index is 5.08. The Morgan fingerprint density at radius 1 is 1.21 bits per heavy atom. The van der Waals surface area contributed by atoms with E-state index < -0.39 is 0 Å². The lowest BCUT2D eigenvalue weighted by atomic mass is 10.0. The minimum atomic E-state index is -0.159. The third-order valence-electron chi connectivity index (χ3n) is 2.61. The first-order valence-corrected chi connectivity index (χ1v) is 4.87. The molecule has 0 saturated heterocycles. The molecule has 0 bridgehead atoms. The Bertz CT molecular complexity index is 145. The fraction of sp³-hybridized carbons (Fsp3) is 1.00. The second kappa shape index (κ2) is 6.35. The van der Waals surface area contributed by atoms with Crippen LogP contribution in [0.5, 0.6) is 0 Å². The van der Waals surface area contributed by atoms with Crippen molar-refractivity contribution >= 4 is 0 Å². The summed E-state index contributed by atoms with van der Waals surface area (Å²) in [7, 11) is 7.44. The Hall–Kier alpha value is -0.160. The van der Waals surface area contributed by atoms with E-state index in [1.165, 1.54) is 0 Å². The lowest BCUT2D eigenvalue weighted by Gasteiger charge is -2.33. The second-order valence-electron chi connectivity index (χ2n) is 4.24. The standard InChI is InChI=1S/C10H24N2O2/c1-10(2,12(3)4)8-11-7-9(13-5)14-6/h9,11H,7-8H2,1-6H3. The summed E-state index contributed by atoms with van der Waals surface area (Å²) >= 11 is 0. The van der Waals surface area contributed by atoms with Crippen molar-refractivity contribution in [2.24, 2.45) is 0 Å². The first-order chi connectivity index (χ1) is 6.44. The van der Waals surface area contributed by atoms with Crippen LogP contribution in [0.2, 0.25) is 0 Å². The zero-order valence-electron chi connectivity index (χ0n) is 10.3. The molecule has 86 valence electrons. The Morgan fingerprint density at radius 3 is 2.07 bits per heavy atom. The minimum Gasteiger partial charge on any atom is -0.355 e. The number of nitrogens with one attached hydrogen (secondary N) is 1. The molecule has 0 aromatic carbocycles. The van der Waals surface area contributed by atoms with E-state index in [1.54, 1.807) is 14.2 Å². The van der Waals surface area contributed by atoms with Crippen LogP contribution in [-0.4, -0.2) is 58.1 Å². The van der Waals surface area contributed by atoms with Gasteiger partial charge in [0.2, 0.25) is 0 Å². The van der Waals surface area contributed by atoms with E-state index in [0.29, 0.717) is 6.54 Å². The molecule has 0 aliphatic carbocycles. The van der Waals surface area contributed by atoms with Gasteiger partial charge in [-0.25, -0.2) is 0 Å². The summed E-state index contributed by atoms with van der Waals surface area (Å²) < 4.78 is 10.2. The molecule has 0 unspecified atom stereocenters. The van der Waals surface area contributed by atoms with Gasteiger partial charge in [-0.1, -0.05) is 0 Å². The molecule has 0 saturated carbocycles. The average molecular weight is 204 g/mol. The van der Waals surface area contributed by atoms with E-state index in [-0.39, 0.29) is 11.8 Å². The zero-order chi connectivity index (χ0) is 11.2. The largest absolute Gasteiger partial charge is 0.355 e. The predicted molar refractivity (Wildman–Crippen MR) is 58.4 cm³/mol. The van der Waals surface area contributed by atoms with Gasteiger partial charge in [-0.05, 0) is 27.9 Å². The van der Waals surface area contributed by atoms with Gasteiger partial charge in [-0.3, -0.25) is 0 Å². The van der Waals surface area contributed by atoms with Crippen molar-refractivity contribution in [1.29, 1.82) is 0 Å². The lowest BCUT2D eigenvalue weighted by molar-refractivity contribution is -0.0994. The van der Waals surface area contributed by atoms with Crippen molar-refractivity contribution in [3.05, 3.63) is 0 Å². The molecule has 4 heteroatoms. The Balaban J connectivity index is 3.72. The van der Waals surface area contributed by atoms with Gasteiger partial charge in [0.1, 0.15) is 0 Å². The van der Waals surface area contributed by atoms with Crippen LogP contribution in [0.1, 0.15) is 13.8 Å². The topological polar surface area (TPSA) is 33.7 Å². The summed E-state index contributed by atoms with van der Waals surface area (Å²) in [5.41, 5.74) is 0.145. The molecule has 0 rings (SSSR count). The maximum Gasteiger partial charge on any atom is 0.169 e. The molecule has 0 aliphatic rings. The van der Waals surface area contributed by atoms with E-state index in [4.69, 9.17) is 9.47 Å². The molecular weight excluding hydrogens is 180 g/mol. The second-order valence-corrected chi connectivity index (χ2v) is 4.24. The fourth-order valence-electron chi connectivity index (χ4n) is 0.917. The molecule has 0 radical (unpaired) electrons. The van der Waals surface area contributed by atoms with Gasteiger partial charge in [-0.2, -0.15) is 0 Å². The Morgan fingerprint density at radius 2 is 1.71 bits per heavy atom. The van der Waals surface area contributed by atoms with Crippen molar-refractivity contribution in [3.63, 3.8) is 0 Å². The number of rotatable bonds is 7. The molecule has 0 aromatic heterocycles. The van der Waals surface area contributed by atoms with Crippen molar-refractivity contribution in [2.45, 2.75) is 25.7 Å². The van der Waals surface area contributed by atoms with Crippen LogP contribution >= 0.6 is 0 Å². The summed E-state index contributed by atoms with van der Waals surface area (Å²) in [5, 5.41) is 3.32. The molecule has 14 heavy (non-hydrogen) atoms. The normalized spacial score (nSPS) is 12.9. The van der Waals surface area contributed by atoms with Gasteiger partial charge in [0.15, 0.2) is 6.29 Å². The van der Waals surface area contributed by atoms with Crippen LogP contribution in [0.3, 0.4) is 0 Å². The number of nitrogens with zero attached hydrogens (tertiary/aromatic N) is 1. The highest BCUT2D eigenvalue weighted by atomic mass is 16.7. The minimum absolute atomic E-state index is 0.145. The Labute approximate surface area is 87.6 Å². The molecule has 0 fully saturated rings. The number of hydrogen-bond acceptors (Lipinski definition) is 4. The van der Waals surface area contributed by atoms with Gasteiger partial charge in [0.05, 0.1) is 0 Å². The number of ether oxygens (including phenoxy) is 2. The molecule has 0 aliphatic heterocycles. The maximum absolute atomic E-state index is 5.08. The van der Waals surface area contributed by atoms with Crippen LogP contribution in [0.4, 0.5) is 0 Å². The monoisotopic (exact) mass is 204 g/mol. The van der Waals surface area contributed by atoms with E-state index in [9.17, 15) is 0 Å². The first-order valence-electron chi connectivity index (χ1n) is 4.87. The highest BCUT2D eigenvalue weighted by Gasteiger charge is 2.20. The summed E-state index contributed by atoms with van der Waals surface area (Å²) in [5.74, 6) is 0. The van der Waals surface area contributed by atoms with E-state index >= 15 is 0 Å². The third kappa shape index (κ3) is 4.91. The number of likely N-dealkylation sites (N-methyl/N-ethyl adjacent to an activating group) is 1. The summed E-state index contributed by atoms with van der Waals surface area (Å²) in [4.78, 5) is 2.19. The quantitative estimate of drug-likeness (QED) is 0.614. The molecule has 0 spiro atoms. The van der Waals surface area contributed by atoms with Crippen molar-refractivity contribution in [3.8, 4) is 0 Å². The summed E-state index contributed by atoms with van der Waals surface area (Å²) in [6, 6.07) is 0. The number of hydrogen-bond donors (Lipinski definition) is 1. The van der Waals surface area contributed by atoms with Crippen LogP contribution < -0.4 is 5.32 Å². The fourth-order valence-corrected chi connectivity index (χ4v) is 0.917. The van der Waals surface area contributed by atoms with Crippen LogP contribution in [-0.2, 0) is 9.47 Å². The molecule has 0 aromatic rings. The molecule has 0 amide bonds. The van der Waals surface area contributed by atoms with Gasteiger partial charge < -0.3 is 19.7 Å². The van der Waals surface area contributed by atoms with Crippen molar-refractivity contribution in [2.75, 3.05) is 41.4 Å². The zero-order valence-corrected chi connectivity index (χ0v) is 10.3. The van der Waals surface area contributed by atoms with Crippen LogP contribution in [0.25, 0.3) is 0 Å². The summed E-state index contributed by atoms with van der Waals surface area (Å²) in [6.45, 7) is 6.00.